The van der Waals surface area contributed by atoms with Gasteiger partial charge >= 0.3 is 0 Å². The molecule has 96 valence electrons. The van der Waals surface area contributed by atoms with Crippen molar-refractivity contribution in [1.82, 2.24) is 9.97 Å². The van der Waals surface area contributed by atoms with E-state index in [1.807, 2.05) is 20.8 Å². The fourth-order valence-electron chi connectivity index (χ4n) is 1.41. The highest BCUT2D eigenvalue weighted by Gasteiger charge is 2.10. The van der Waals surface area contributed by atoms with Crippen LogP contribution in [-0.2, 0) is 6.42 Å². The van der Waals surface area contributed by atoms with E-state index in [1.54, 1.807) is 0 Å². The minimum absolute atomic E-state index is 0.130. The van der Waals surface area contributed by atoms with Crippen molar-refractivity contribution in [3.05, 3.63) is 11.4 Å². The maximum atomic E-state index is 8.73. The number of nitrogens with one attached hydrogen (secondary N) is 1. The van der Waals surface area contributed by atoms with Crippen molar-refractivity contribution in [2.75, 3.05) is 25.1 Å². The second-order valence-corrected chi connectivity index (χ2v) is 3.73. The molecule has 0 unspecified atom stereocenters. The van der Waals surface area contributed by atoms with E-state index in [9.17, 15) is 0 Å². The summed E-state index contributed by atoms with van der Waals surface area (Å²) < 4.78 is 5.56. The minimum atomic E-state index is 0.130. The van der Waals surface area contributed by atoms with Gasteiger partial charge in [-0.05, 0) is 13.8 Å². The van der Waals surface area contributed by atoms with Crippen LogP contribution in [-0.4, -0.2) is 34.8 Å². The first-order chi connectivity index (χ1) is 8.22. The molecule has 1 aromatic rings. The zero-order chi connectivity index (χ0) is 12.7. The first kappa shape index (κ1) is 13.7. The summed E-state index contributed by atoms with van der Waals surface area (Å²) in [7, 11) is 0. The van der Waals surface area contributed by atoms with Crippen LogP contribution in [0.25, 0.3) is 0 Å². The molecule has 1 heterocycles. The number of nitrogens with zero attached hydrogens (tertiary/aromatic N) is 2. The van der Waals surface area contributed by atoms with Gasteiger partial charge in [0.25, 0.3) is 0 Å². The number of aromatic nitrogens is 2. The van der Waals surface area contributed by atoms with Gasteiger partial charge in [-0.2, -0.15) is 4.98 Å². The van der Waals surface area contributed by atoms with Crippen LogP contribution in [0.3, 0.4) is 0 Å². The number of ether oxygens (including phenoxy) is 1. The fraction of sp³-hybridized carbons (Fsp3) is 0.667. The Kier molecular flexibility index (Phi) is 5.69. The van der Waals surface area contributed by atoms with Crippen LogP contribution in [0, 0.1) is 6.92 Å². The van der Waals surface area contributed by atoms with E-state index in [4.69, 9.17) is 9.84 Å². The molecular weight excluding hydrogens is 218 g/mol. The lowest BCUT2D eigenvalue weighted by molar-refractivity contribution is 0.228. The van der Waals surface area contributed by atoms with E-state index in [2.05, 4.69) is 15.3 Å². The maximum absolute atomic E-state index is 8.73. The third-order valence-electron chi connectivity index (χ3n) is 2.35. The summed E-state index contributed by atoms with van der Waals surface area (Å²) in [6.07, 6.45) is 1.39. The van der Waals surface area contributed by atoms with E-state index in [-0.39, 0.29) is 6.61 Å². The average Bonchev–Trinajstić information content (AvgIpc) is 2.34. The molecule has 0 aliphatic rings. The summed E-state index contributed by atoms with van der Waals surface area (Å²) in [4.78, 5) is 8.77. The smallest absolute Gasteiger partial charge is 0.221 e. The molecule has 0 saturated heterocycles. The number of aliphatic hydroxyl groups excluding tert-OH is 1. The summed E-state index contributed by atoms with van der Waals surface area (Å²) in [5, 5.41) is 11.9. The van der Waals surface area contributed by atoms with Crippen LogP contribution in [0.15, 0.2) is 0 Å². The van der Waals surface area contributed by atoms with E-state index in [0.29, 0.717) is 18.9 Å². The normalized spacial score (nSPS) is 10.4. The van der Waals surface area contributed by atoms with Crippen molar-refractivity contribution in [3.63, 3.8) is 0 Å². The second-order valence-electron chi connectivity index (χ2n) is 3.73. The molecule has 0 bridgehead atoms. The van der Waals surface area contributed by atoms with Crippen LogP contribution in [0.5, 0.6) is 5.88 Å². The van der Waals surface area contributed by atoms with Crippen molar-refractivity contribution in [1.29, 1.82) is 0 Å². The summed E-state index contributed by atoms with van der Waals surface area (Å²) in [6, 6.07) is 0. The molecule has 1 rings (SSSR count). The molecule has 5 nitrogen and oxygen atoms in total. The Hall–Kier alpha value is -1.36. The number of anilines is 1. The molecule has 0 radical (unpaired) electrons. The molecule has 0 aromatic carbocycles. The lowest BCUT2D eigenvalue weighted by Crippen LogP contribution is -2.10. The number of rotatable bonds is 7. The third-order valence-corrected chi connectivity index (χ3v) is 2.35. The molecular formula is C12H21N3O2. The highest BCUT2D eigenvalue weighted by Crippen LogP contribution is 2.22. The van der Waals surface area contributed by atoms with E-state index < -0.39 is 0 Å². The maximum Gasteiger partial charge on any atom is 0.221 e. The molecule has 0 aliphatic heterocycles. The summed E-state index contributed by atoms with van der Waals surface area (Å²) in [5.74, 6) is 2.21. The predicted molar refractivity (Wildman–Crippen MR) is 67.5 cm³/mol. The zero-order valence-corrected chi connectivity index (χ0v) is 10.8. The Balaban J connectivity index is 2.89. The predicted octanol–water partition coefficient (Wildman–Crippen LogP) is 1.54. The van der Waals surface area contributed by atoms with Gasteiger partial charge in [-0.25, -0.2) is 4.98 Å². The van der Waals surface area contributed by atoms with E-state index in [1.165, 1.54) is 0 Å². The number of hydrogen-bond donors (Lipinski definition) is 2. The monoisotopic (exact) mass is 239 g/mol. The van der Waals surface area contributed by atoms with Crippen molar-refractivity contribution < 1.29 is 9.84 Å². The van der Waals surface area contributed by atoms with Crippen LogP contribution >= 0.6 is 0 Å². The molecule has 0 atom stereocenters. The lowest BCUT2D eigenvalue weighted by Gasteiger charge is -2.13. The quantitative estimate of drug-likeness (QED) is 0.706. The molecule has 1 aromatic heterocycles. The second kappa shape index (κ2) is 7.06. The standard InChI is InChI=1S/C12H21N3O2/c1-4-10-14-11(13-5-2)9(3)12(15-10)17-8-6-7-16/h16H,4-8H2,1-3H3,(H,13,14,15). The average molecular weight is 239 g/mol. The molecule has 0 spiro atoms. The largest absolute Gasteiger partial charge is 0.477 e. The summed E-state index contributed by atoms with van der Waals surface area (Å²) in [5.41, 5.74) is 0.919. The molecule has 2 N–H and O–H groups in total. The Morgan fingerprint density at radius 1 is 1.29 bits per heavy atom. The first-order valence-corrected chi connectivity index (χ1v) is 6.07. The van der Waals surface area contributed by atoms with Crippen molar-refractivity contribution >= 4 is 5.82 Å². The van der Waals surface area contributed by atoms with Gasteiger partial charge in [0.15, 0.2) is 0 Å². The highest BCUT2D eigenvalue weighted by molar-refractivity contribution is 5.48. The van der Waals surface area contributed by atoms with Gasteiger partial charge in [0.2, 0.25) is 5.88 Å². The SMILES string of the molecule is CCNc1nc(CC)nc(OCCCO)c1C. The van der Waals surface area contributed by atoms with Gasteiger partial charge in [-0.15, -0.1) is 0 Å². The van der Waals surface area contributed by atoms with Crippen molar-refractivity contribution in [3.8, 4) is 5.88 Å². The highest BCUT2D eigenvalue weighted by atomic mass is 16.5. The van der Waals surface area contributed by atoms with Gasteiger partial charge in [-0.1, -0.05) is 6.92 Å². The van der Waals surface area contributed by atoms with Crippen LogP contribution < -0.4 is 10.1 Å². The molecule has 0 saturated carbocycles. The van der Waals surface area contributed by atoms with E-state index >= 15 is 0 Å². The Labute approximate surface area is 102 Å². The number of aryl methyl sites for hydroxylation is 1. The Morgan fingerprint density at radius 3 is 2.65 bits per heavy atom. The fourth-order valence-corrected chi connectivity index (χ4v) is 1.41. The minimum Gasteiger partial charge on any atom is -0.477 e. The molecule has 0 fully saturated rings. The lowest BCUT2D eigenvalue weighted by atomic mass is 10.3. The molecule has 5 heteroatoms. The van der Waals surface area contributed by atoms with Gasteiger partial charge in [-0.3, -0.25) is 0 Å². The van der Waals surface area contributed by atoms with Gasteiger partial charge in [0.05, 0.1) is 12.2 Å². The van der Waals surface area contributed by atoms with Crippen LogP contribution in [0.2, 0.25) is 0 Å². The number of aliphatic hydroxyl groups is 1. The van der Waals surface area contributed by atoms with Crippen LogP contribution in [0.4, 0.5) is 5.82 Å². The molecule has 17 heavy (non-hydrogen) atoms. The number of hydrogen-bond acceptors (Lipinski definition) is 5. The van der Waals surface area contributed by atoms with Gasteiger partial charge in [0.1, 0.15) is 11.6 Å². The van der Waals surface area contributed by atoms with Gasteiger partial charge in [0, 0.05) is 26.0 Å². The Bertz CT molecular complexity index is 356. The topological polar surface area (TPSA) is 67.3 Å². The van der Waals surface area contributed by atoms with Crippen molar-refractivity contribution in [2.45, 2.75) is 33.6 Å². The summed E-state index contributed by atoms with van der Waals surface area (Å²) >= 11 is 0. The summed E-state index contributed by atoms with van der Waals surface area (Å²) in [6.45, 7) is 7.40. The third kappa shape index (κ3) is 3.85. The van der Waals surface area contributed by atoms with Gasteiger partial charge < -0.3 is 15.2 Å². The molecule has 0 amide bonds. The van der Waals surface area contributed by atoms with E-state index in [0.717, 1.165) is 30.2 Å². The van der Waals surface area contributed by atoms with Crippen molar-refractivity contribution in [2.24, 2.45) is 0 Å². The van der Waals surface area contributed by atoms with Crippen LogP contribution in [0.1, 0.15) is 31.7 Å². The zero-order valence-electron chi connectivity index (χ0n) is 10.8. The molecule has 0 aliphatic carbocycles. The first-order valence-electron chi connectivity index (χ1n) is 6.07. The Morgan fingerprint density at radius 2 is 2.06 bits per heavy atom.